The van der Waals surface area contributed by atoms with Crippen LogP contribution in [-0.4, -0.2) is 24.0 Å². The minimum absolute atomic E-state index is 0.0913. The van der Waals surface area contributed by atoms with Crippen LogP contribution >= 0.6 is 0 Å². The Balaban J connectivity index is 3.88. The molecule has 0 saturated heterocycles. The molecule has 0 rings (SSSR count). The Bertz CT molecular complexity index is 92.8. The second-order valence-corrected chi connectivity index (χ2v) is 3.26. The van der Waals surface area contributed by atoms with Gasteiger partial charge in [0.2, 0.25) is 0 Å². The Kier molecular flexibility index (Phi) is 4.65. The van der Waals surface area contributed by atoms with Crippen LogP contribution in [0.3, 0.4) is 0 Å². The molecule has 0 aliphatic carbocycles. The van der Waals surface area contributed by atoms with E-state index in [9.17, 15) is 0 Å². The molecule has 0 bridgehead atoms. The molecule has 0 unspecified atom stereocenters. The van der Waals surface area contributed by atoms with Crippen LogP contribution in [0, 0.1) is 0 Å². The molecule has 0 N–H and O–H groups in total. The van der Waals surface area contributed by atoms with Crippen LogP contribution in [-0.2, 0) is 9.68 Å². The number of hydrogen-bond donors (Lipinski definition) is 0. The zero-order chi connectivity index (χ0) is 8.91. The lowest BCUT2D eigenvalue weighted by atomic mass is 10.1. The van der Waals surface area contributed by atoms with Crippen molar-refractivity contribution in [2.75, 3.05) is 13.2 Å². The van der Waals surface area contributed by atoms with Crippen molar-refractivity contribution < 1.29 is 9.68 Å². The molecular formula is C8H19NO2. The molecule has 0 saturated carbocycles. The van der Waals surface area contributed by atoms with Crippen LogP contribution < -0.4 is 0 Å². The SMILES string of the molecule is CCON(OCC)C(C)(C)C. The first-order chi connectivity index (χ1) is 5.02. The van der Waals surface area contributed by atoms with E-state index in [1.54, 1.807) is 5.23 Å². The molecule has 0 aromatic rings. The van der Waals surface area contributed by atoms with Gasteiger partial charge in [-0.2, -0.15) is 0 Å². The van der Waals surface area contributed by atoms with Crippen molar-refractivity contribution >= 4 is 0 Å². The van der Waals surface area contributed by atoms with Crippen molar-refractivity contribution in [2.45, 2.75) is 40.2 Å². The van der Waals surface area contributed by atoms with Gasteiger partial charge >= 0.3 is 0 Å². The van der Waals surface area contributed by atoms with E-state index in [0.29, 0.717) is 13.2 Å². The summed E-state index contributed by atoms with van der Waals surface area (Å²) < 4.78 is 0. The van der Waals surface area contributed by atoms with E-state index in [4.69, 9.17) is 9.68 Å². The van der Waals surface area contributed by atoms with Crippen molar-refractivity contribution in [3.05, 3.63) is 0 Å². The minimum atomic E-state index is -0.0913. The number of rotatable bonds is 4. The summed E-state index contributed by atoms with van der Waals surface area (Å²) in [7, 11) is 0. The van der Waals surface area contributed by atoms with Gasteiger partial charge in [0, 0.05) is 0 Å². The average molecular weight is 161 g/mol. The summed E-state index contributed by atoms with van der Waals surface area (Å²) in [6.07, 6.45) is 0. The van der Waals surface area contributed by atoms with Gasteiger partial charge in [-0.3, -0.25) is 9.68 Å². The topological polar surface area (TPSA) is 21.7 Å². The van der Waals surface area contributed by atoms with Gasteiger partial charge in [0.1, 0.15) is 0 Å². The van der Waals surface area contributed by atoms with Crippen LogP contribution in [0.1, 0.15) is 34.6 Å². The normalized spacial score (nSPS) is 12.5. The van der Waals surface area contributed by atoms with Crippen LogP contribution in [0.25, 0.3) is 0 Å². The van der Waals surface area contributed by atoms with E-state index >= 15 is 0 Å². The third kappa shape index (κ3) is 4.35. The summed E-state index contributed by atoms with van der Waals surface area (Å²) in [4.78, 5) is 10.5. The van der Waals surface area contributed by atoms with Crippen LogP contribution in [0.15, 0.2) is 0 Å². The quantitative estimate of drug-likeness (QED) is 0.588. The number of nitrogens with zero attached hydrogens (tertiary/aromatic N) is 1. The van der Waals surface area contributed by atoms with Gasteiger partial charge < -0.3 is 0 Å². The molecule has 0 aliphatic rings. The van der Waals surface area contributed by atoms with Gasteiger partial charge in [0.05, 0.1) is 18.8 Å². The van der Waals surface area contributed by atoms with E-state index in [1.165, 1.54) is 0 Å². The lowest BCUT2D eigenvalue weighted by Gasteiger charge is -2.31. The predicted octanol–water partition coefficient (Wildman–Crippen LogP) is 1.99. The highest BCUT2D eigenvalue weighted by Gasteiger charge is 2.22. The predicted molar refractivity (Wildman–Crippen MR) is 44.8 cm³/mol. The molecular weight excluding hydrogens is 142 g/mol. The average Bonchev–Trinajstić information content (AvgIpc) is 1.85. The molecule has 0 aliphatic heterocycles. The van der Waals surface area contributed by atoms with Crippen molar-refractivity contribution in [3.8, 4) is 0 Å². The van der Waals surface area contributed by atoms with Crippen molar-refractivity contribution in [2.24, 2.45) is 0 Å². The zero-order valence-electron chi connectivity index (χ0n) is 8.18. The van der Waals surface area contributed by atoms with Gasteiger partial charge in [-0.05, 0) is 34.6 Å². The highest BCUT2D eigenvalue weighted by atomic mass is 17.0. The fraction of sp³-hybridized carbons (Fsp3) is 1.00. The lowest BCUT2D eigenvalue weighted by molar-refractivity contribution is -0.402. The molecule has 0 heterocycles. The maximum atomic E-state index is 5.26. The molecule has 0 radical (unpaired) electrons. The van der Waals surface area contributed by atoms with Gasteiger partial charge in [0.15, 0.2) is 0 Å². The highest BCUT2D eigenvalue weighted by molar-refractivity contribution is 4.63. The molecule has 0 aromatic heterocycles. The summed E-state index contributed by atoms with van der Waals surface area (Å²) in [6.45, 7) is 11.3. The van der Waals surface area contributed by atoms with E-state index in [0.717, 1.165) is 0 Å². The Morgan fingerprint density at radius 2 is 1.36 bits per heavy atom. The van der Waals surface area contributed by atoms with Crippen molar-refractivity contribution in [1.29, 1.82) is 0 Å². The lowest BCUT2D eigenvalue weighted by Crippen LogP contribution is -2.41. The molecule has 0 fully saturated rings. The summed E-state index contributed by atoms with van der Waals surface area (Å²) in [5.74, 6) is 0. The first kappa shape index (κ1) is 10.9. The standard InChI is InChI=1S/C8H19NO2/c1-6-10-9(11-7-2)8(3,4)5/h6-7H2,1-5H3. The fourth-order valence-electron chi connectivity index (χ4n) is 0.659. The highest BCUT2D eigenvalue weighted by Crippen LogP contribution is 2.13. The van der Waals surface area contributed by atoms with Gasteiger partial charge in [-0.25, -0.2) is 0 Å². The van der Waals surface area contributed by atoms with E-state index in [1.807, 2.05) is 34.6 Å². The Labute approximate surface area is 69.2 Å². The summed E-state index contributed by atoms with van der Waals surface area (Å²) in [5.41, 5.74) is -0.0913. The molecule has 3 nitrogen and oxygen atoms in total. The zero-order valence-corrected chi connectivity index (χ0v) is 8.18. The summed E-state index contributed by atoms with van der Waals surface area (Å²) in [5, 5.41) is 1.55. The Morgan fingerprint density at radius 1 is 1.00 bits per heavy atom. The second-order valence-electron chi connectivity index (χ2n) is 3.26. The Morgan fingerprint density at radius 3 is 1.55 bits per heavy atom. The monoisotopic (exact) mass is 161 g/mol. The van der Waals surface area contributed by atoms with Crippen LogP contribution in [0.2, 0.25) is 0 Å². The summed E-state index contributed by atoms with van der Waals surface area (Å²) in [6, 6.07) is 0. The molecule has 0 aromatic carbocycles. The molecule has 3 heteroatoms. The van der Waals surface area contributed by atoms with Gasteiger partial charge in [-0.1, -0.05) is 5.23 Å². The smallest absolute Gasteiger partial charge is 0.0683 e. The molecule has 0 atom stereocenters. The summed E-state index contributed by atoms with van der Waals surface area (Å²) >= 11 is 0. The van der Waals surface area contributed by atoms with E-state index in [2.05, 4.69) is 0 Å². The van der Waals surface area contributed by atoms with Crippen LogP contribution in [0.5, 0.6) is 0 Å². The fourth-order valence-corrected chi connectivity index (χ4v) is 0.659. The van der Waals surface area contributed by atoms with E-state index < -0.39 is 0 Å². The maximum absolute atomic E-state index is 5.26. The van der Waals surface area contributed by atoms with Gasteiger partial charge in [0.25, 0.3) is 0 Å². The van der Waals surface area contributed by atoms with Crippen molar-refractivity contribution in [3.63, 3.8) is 0 Å². The van der Waals surface area contributed by atoms with Crippen molar-refractivity contribution in [1.82, 2.24) is 5.23 Å². The number of hydroxylamine groups is 2. The second kappa shape index (κ2) is 4.70. The number of hydrogen-bond acceptors (Lipinski definition) is 3. The molecule has 11 heavy (non-hydrogen) atoms. The maximum Gasteiger partial charge on any atom is 0.0683 e. The minimum Gasteiger partial charge on any atom is -0.274 e. The third-order valence-electron chi connectivity index (χ3n) is 1.04. The molecule has 68 valence electrons. The molecule has 0 amide bonds. The largest absolute Gasteiger partial charge is 0.274 e. The third-order valence-corrected chi connectivity index (χ3v) is 1.04. The van der Waals surface area contributed by atoms with Crippen LogP contribution in [0.4, 0.5) is 0 Å². The van der Waals surface area contributed by atoms with E-state index in [-0.39, 0.29) is 5.54 Å². The first-order valence-corrected chi connectivity index (χ1v) is 4.08. The Hall–Kier alpha value is -0.120. The molecule has 0 spiro atoms. The first-order valence-electron chi connectivity index (χ1n) is 4.08. The van der Waals surface area contributed by atoms with Gasteiger partial charge in [-0.15, -0.1) is 0 Å².